The zero-order chi connectivity index (χ0) is 39.8. The van der Waals surface area contributed by atoms with E-state index in [4.69, 9.17) is 0 Å². The highest BCUT2D eigenvalue weighted by atomic mass is 15.1. The Morgan fingerprint density at radius 3 is 1.23 bits per heavy atom. The van der Waals surface area contributed by atoms with Gasteiger partial charge in [-0.05, 0) is 110 Å². The average Bonchev–Trinajstić information content (AvgIpc) is 3.69. The van der Waals surface area contributed by atoms with E-state index in [0.717, 1.165) is 17.1 Å². The highest BCUT2D eigenvalue weighted by Gasteiger charge is 2.20. The fraction of sp³-hybridized carbons (Fsp3) is 0. The number of benzene rings is 9. The molecule has 282 valence electrons. The molecule has 11 aromatic rings. The first-order chi connectivity index (χ1) is 29.8. The van der Waals surface area contributed by atoms with E-state index < -0.39 is 0 Å². The van der Waals surface area contributed by atoms with Gasteiger partial charge in [-0.2, -0.15) is 0 Å². The lowest BCUT2D eigenvalue weighted by Gasteiger charge is -2.26. The van der Waals surface area contributed by atoms with Crippen LogP contribution in [0.3, 0.4) is 0 Å². The van der Waals surface area contributed by atoms with Gasteiger partial charge in [-0.3, -0.25) is 0 Å². The van der Waals surface area contributed by atoms with Crippen LogP contribution in [0.25, 0.3) is 82.8 Å². The molecule has 0 radical (unpaired) electrons. The number of rotatable bonds is 8. The van der Waals surface area contributed by atoms with Crippen molar-refractivity contribution in [3.63, 3.8) is 0 Å². The molecule has 2 heterocycles. The first kappa shape index (κ1) is 35.2. The Kier molecular flexibility index (Phi) is 8.87. The molecule has 0 fully saturated rings. The molecule has 2 heteroatoms. The highest BCUT2D eigenvalue weighted by molar-refractivity contribution is 6.22. The fourth-order valence-corrected chi connectivity index (χ4v) is 8.89. The van der Waals surface area contributed by atoms with Crippen LogP contribution in [0.2, 0.25) is 0 Å². The molecule has 2 nitrogen and oxygen atoms in total. The van der Waals surface area contributed by atoms with Gasteiger partial charge in [0, 0.05) is 39.8 Å². The summed E-state index contributed by atoms with van der Waals surface area (Å²) >= 11 is 0. The van der Waals surface area contributed by atoms with Crippen LogP contribution in [0, 0.1) is 0 Å². The van der Waals surface area contributed by atoms with Crippen molar-refractivity contribution in [2.24, 2.45) is 0 Å². The van der Waals surface area contributed by atoms with Crippen LogP contribution in [0.4, 0.5) is 17.1 Å². The summed E-state index contributed by atoms with van der Waals surface area (Å²) in [4.78, 5) is 2.34. The van der Waals surface area contributed by atoms with Gasteiger partial charge in [-0.25, -0.2) is 0 Å². The van der Waals surface area contributed by atoms with Crippen LogP contribution >= 0.6 is 0 Å². The van der Waals surface area contributed by atoms with Crippen LogP contribution in [-0.2, 0) is 0 Å². The third-order valence-electron chi connectivity index (χ3n) is 11.8. The Morgan fingerprint density at radius 1 is 0.317 bits per heavy atom. The highest BCUT2D eigenvalue weighted by Crippen LogP contribution is 2.44. The van der Waals surface area contributed by atoms with Gasteiger partial charge in [0.05, 0.1) is 11.0 Å². The molecule has 0 spiro atoms. The minimum atomic E-state index is 1.10. The molecule has 60 heavy (non-hydrogen) atoms. The predicted octanol–water partition coefficient (Wildman–Crippen LogP) is 16.1. The largest absolute Gasteiger partial charge is 0.315 e. The molecular weight excluding hydrogens is 725 g/mol. The van der Waals surface area contributed by atoms with E-state index in [0.29, 0.717) is 0 Å². The molecule has 0 N–H and O–H groups in total. The van der Waals surface area contributed by atoms with Crippen molar-refractivity contribution in [3.05, 3.63) is 243 Å². The molecule has 0 saturated heterocycles. The van der Waals surface area contributed by atoms with Gasteiger partial charge >= 0.3 is 0 Å². The summed E-state index contributed by atoms with van der Waals surface area (Å²) in [6.45, 7) is 0. The summed E-state index contributed by atoms with van der Waals surface area (Å²) in [5.74, 6) is 0. The minimum absolute atomic E-state index is 1.10. The molecule has 0 atom stereocenters. The van der Waals surface area contributed by atoms with Crippen LogP contribution in [0.5, 0.6) is 0 Å². The van der Waals surface area contributed by atoms with E-state index in [2.05, 4.69) is 252 Å². The summed E-state index contributed by atoms with van der Waals surface area (Å²) in [5.41, 5.74) is 17.8. The standard InChI is InChI=1S/C58H40N2/c1-4-14-41(15-5-1)44-27-33-50(34-28-44)60(51-35-29-45(30-36-51)42-16-6-2-7-17-42)52-37-31-46(32-38-52)43-23-25-47(26-24-43)54-40-49-20-10-11-21-53(49)57-56(48-18-8-3-9-19-48)55-22-12-13-39-59(55)58(54)57/h1-40H. The number of pyridine rings is 1. The lowest BCUT2D eigenvalue weighted by molar-refractivity contribution is 1.26. The van der Waals surface area contributed by atoms with Crippen LogP contribution in [-0.4, -0.2) is 4.40 Å². The second-order valence-corrected chi connectivity index (χ2v) is 15.4. The summed E-state index contributed by atoms with van der Waals surface area (Å²) in [6.07, 6.45) is 2.21. The van der Waals surface area contributed by atoms with Crippen molar-refractivity contribution in [1.82, 2.24) is 4.40 Å². The Labute approximate surface area is 350 Å². The summed E-state index contributed by atoms with van der Waals surface area (Å²) in [6, 6.07) is 85.5. The maximum Gasteiger partial charge on any atom is 0.0620 e. The topological polar surface area (TPSA) is 7.65 Å². The van der Waals surface area contributed by atoms with E-state index in [1.54, 1.807) is 0 Å². The zero-order valence-corrected chi connectivity index (χ0v) is 33.0. The average molecular weight is 765 g/mol. The van der Waals surface area contributed by atoms with Crippen molar-refractivity contribution >= 4 is 44.3 Å². The lowest BCUT2D eigenvalue weighted by Crippen LogP contribution is -2.09. The second-order valence-electron chi connectivity index (χ2n) is 15.4. The predicted molar refractivity (Wildman–Crippen MR) is 254 cm³/mol. The Morgan fingerprint density at radius 2 is 0.717 bits per heavy atom. The van der Waals surface area contributed by atoms with Crippen LogP contribution in [0.15, 0.2) is 243 Å². The maximum absolute atomic E-state index is 2.38. The summed E-state index contributed by atoms with van der Waals surface area (Å²) < 4.78 is 2.38. The van der Waals surface area contributed by atoms with Gasteiger partial charge in [-0.15, -0.1) is 0 Å². The number of fused-ring (bicyclic) bond motifs is 5. The van der Waals surface area contributed by atoms with E-state index in [-0.39, 0.29) is 0 Å². The number of nitrogens with zero attached hydrogens (tertiary/aromatic N) is 2. The van der Waals surface area contributed by atoms with Gasteiger partial charge in [0.15, 0.2) is 0 Å². The van der Waals surface area contributed by atoms with Gasteiger partial charge in [0.25, 0.3) is 0 Å². The van der Waals surface area contributed by atoms with E-state index in [9.17, 15) is 0 Å². The van der Waals surface area contributed by atoms with Crippen molar-refractivity contribution in [2.45, 2.75) is 0 Å². The third kappa shape index (κ3) is 6.32. The molecule has 2 aromatic heterocycles. The monoisotopic (exact) mass is 764 g/mol. The summed E-state index contributed by atoms with van der Waals surface area (Å²) in [5, 5.41) is 3.79. The fourth-order valence-electron chi connectivity index (χ4n) is 8.89. The summed E-state index contributed by atoms with van der Waals surface area (Å²) in [7, 11) is 0. The van der Waals surface area contributed by atoms with Crippen LogP contribution < -0.4 is 4.90 Å². The van der Waals surface area contributed by atoms with E-state index in [1.807, 2.05) is 0 Å². The molecule has 11 rings (SSSR count). The molecule has 0 aliphatic carbocycles. The second kappa shape index (κ2) is 15.1. The molecule has 0 unspecified atom stereocenters. The first-order valence-electron chi connectivity index (χ1n) is 20.6. The van der Waals surface area contributed by atoms with Crippen molar-refractivity contribution in [1.29, 1.82) is 0 Å². The Bertz CT molecular complexity index is 3160. The number of aromatic nitrogens is 1. The molecule has 0 amide bonds. The molecule has 0 aliphatic heterocycles. The van der Waals surface area contributed by atoms with Crippen molar-refractivity contribution < 1.29 is 0 Å². The van der Waals surface area contributed by atoms with Crippen LogP contribution in [0.1, 0.15) is 0 Å². The van der Waals surface area contributed by atoms with Gasteiger partial charge < -0.3 is 9.30 Å². The number of hydrogen-bond donors (Lipinski definition) is 0. The smallest absolute Gasteiger partial charge is 0.0620 e. The molecule has 0 saturated carbocycles. The molecule has 9 aromatic carbocycles. The van der Waals surface area contributed by atoms with E-state index >= 15 is 0 Å². The van der Waals surface area contributed by atoms with E-state index in [1.165, 1.54) is 82.8 Å². The molecular formula is C58H40N2. The Balaban J connectivity index is 0.965. The minimum Gasteiger partial charge on any atom is -0.315 e. The normalized spacial score (nSPS) is 11.3. The first-order valence-corrected chi connectivity index (χ1v) is 20.6. The van der Waals surface area contributed by atoms with Crippen molar-refractivity contribution in [2.75, 3.05) is 4.90 Å². The molecule has 0 aliphatic rings. The van der Waals surface area contributed by atoms with Gasteiger partial charge in [0.1, 0.15) is 0 Å². The lowest BCUT2D eigenvalue weighted by atomic mass is 9.93. The van der Waals surface area contributed by atoms with Gasteiger partial charge in [-0.1, -0.05) is 182 Å². The third-order valence-corrected chi connectivity index (χ3v) is 11.8. The van der Waals surface area contributed by atoms with Crippen molar-refractivity contribution in [3.8, 4) is 55.6 Å². The number of anilines is 3. The zero-order valence-electron chi connectivity index (χ0n) is 33.0. The quantitative estimate of drug-likeness (QED) is 0.150. The Hall–Kier alpha value is -7.94. The van der Waals surface area contributed by atoms with Gasteiger partial charge in [0.2, 0.25) is 0 Å². The molecule has 0 bridgehead atoms. The maximum atomic E-state index is 2.38. The number of hydrogen-bond acceptors (Lipinski definition) is 1. The SMILES string of the molecule is c1ccc(-c2ccc(N(c3ccc(-c4ccccc4)cc3)c3ccc(-c4ccc(-c5cc6ccccc6c6c(-c7ccccc7)c7ccccn7c56)cc4)cc3)cc2)cc1.